The molecule has 0 unspecified atom stereocenters. The Balaban J connectivity index is 0.766. The molecule has 0 saturated heterocycles. The van der Waals surface area contributed by atoms with E-state index in [-0.39, 0.29) is 0 Å². The normalized spacial score (nSPS) is 11.9. The summed E-state index contributed by atoms with van der Waals surface area (Å²) < 4.78 is 4.96. The second-order valence-electron chi connectivity index (χ2n) is 15.2. The lowest BCUT2D eigenvalue weighted by atomic mass is 10.1. The Kier molecular flexibility index (Phi) is 10.9. The van der Waals surface area contributed by atoms with Gasteiger partial charge < -0.3 is 9.13 Å². The molecule has 0 aliphatic heterocycles. The van der Waals surface area contributed by atoms with E-state index in [1.807, 2.05) is 73.1 Å². The zero-order valence-electron chi connectivity index (χ0n) is 34.0. The van der Waals surface area contributed by atoms with Crippen LogP contribution in [-0.4, -0.2) is 62.8 Å². The van der Waals surface area contributed by atoms with Crippen molar-refractivity contribution in [3.05, 3.63) is 157 Å². The van der Waals surface area contributed by atoms with E-state index in [1.54, 1.807) is 10.0 Å². The Morgan fingerprint density at radius 2 is 0.839 bits per heavy atom. The van der Waals surface area contributed by atoms with Crippen molar-refractivity contribution in [3.8, 4) is 0 Å². The number of hydrogen-bond acceptors (Lipinski definition) is 10. The average molecular weight is 817 g/mol. The van der Waals surface area contributed by atoms with Crippen molar-refractivity contribution in [1.82, 2.24) is 50.4 Å². The van der Waals surface area contributed by atoms with Gasteiger partial charge in [-0.25, -0.2) is 0 Å². The first-order chi connectivity index (χ1) is 30.8. The van der Waals surface area contributed by atoms with E-state index in [0.29, 0.717) is 11.9 Å². The van der Waals surface area contributed by atoms with Crippen molar-refractivity contribution in [2.75, 3.05) is 10.0 Å². The summed E-state index contributed by atoms with van der Waals surface area (Å²) in [6, 6.07) is 50.2. The number of rotatable bonds is 17. The molecule has 0 aliphatic rings. The van der Waals surface area contributed by atoms with Crippen LogP contribution < -0.4 is 10.0 Å². The molecular formula is C48H44N14. The first-order valence-electron chi connectivity index (χ1n) is 21.1. The van der Waals surface area contributed by atoms with Crippen molar-refractivity contribution >= 4 is 79.3 Å². The fraction of sp³-hybridized carbons (Fsp3) is 0.167. The summed E-state index contributed by atoms with van der Waals surface area (Å²) in [6.45, 7) is 1.96. The summed E-state index contributed by atoms with van der Waals surface area (Å²) in [5.74, 6) is 0.752. The van der Waals surface area contributed by atoms with E-state index in [1.165, 1.54) is 69.3 Å². The minimum atomic E-state index is 0.376. The number of aryl methyl sites for hydroxylation is 2. The molecule has 10 aromatic rings. The first kappa shape index (κ1) is 38.2. The largest absolute Gasteiger partial charge is 0.340 e. The fourth-order valence-corrected chi connectivity index (χ4v) is 8.38. The predicted octanol–water partition coefficient (Wildman–Crippen LogP) is 10.3. The number of H-pyrrole nitrogens is 2. The minimum absolute atomic E-state index is 0.376. The smallest absolute Gasteiger partial charge is 0.290 e. The number of tetrazole rings is 2. The third-order valence-electron chi connectivity index (χ3n) is 11.3. The van der Waals surface area contributed by atoms with E-state index in [4.69, 9.17) is 10.2 Å². The number of fused-ring (bicyclic) bond motifs is 6. The van der Waals surface area contributed by atoms with Crippen LogP contribution in [-0.2, 0) is 13.1 Å². The van der Waals surface area contributed by atoms with Crippen LogP contribution in [0.1, 0.15) is 49.7 Å². The zero-order valence-corrected chi connectivity index (χ0v) is 34.0. The Labute approximate surface area is 357 Å². The van der Waals surface area contributed by atoms with Gasteiger partial charge in [0.25, 0.3) is 11.9 Å². The maximum Gasteiger partial charge on any atom is 0.290 e. The second kappa shape index (κ2) is 17.7. The monoisotopic (exact) mass is 816 g/mol. The number of aromatic nitrogens is 10. The van der Waals surface area contributed by atoms with Crippen molar-refractivity contribution in [3.63, 3.8) is 0 Å². The molecule has 0 bridgehead atoms. The molecular weight excluding hydrogens is 773 g/mol. The van der Waals surface area contributed by atoms with Crippen molar-refractivity contribution in [2.45, 2.75) is 51.6 Å². The van der Waals surface area contributed by atoms with Crippen molar-refractivity contribution in [2.24, 2.45) is 10.2 Å². The van der Waals surface area contributed by atoms with Crippen LogP contribution in [0.15, 0.2) is 156 Å². The summed E-state index contributed by atoms with van der Waals surface area (Å²) in [7, 11) is 0. The fourth-order valence-electron chi connectivity index (χ4n) is 8.38. The van der Waals surface area contributed by atoms with Gasteiger partial charge in [0.1, 0.15) is 0 Å². The second-order valence-corrected chi connectivity index (χ2v) is 15.2. The molecule has 0 amide bonds. The number of hydrogen-bond donors (Lipinski definition) is 2. The summed E-state index contributed by atoms with van der Waals surface area (Å²) in [5, 5.41) is 47.0. The summed E-state index contributed by atoms with van der Waals surface area (Å²) >= 11 is 0. The van der Waals surface area contributed by atoms with Crippen LogP contribution in [0.4, 0.5) is 23.3 Å². The number of nitrogens with zero attached hydrogens (tertiary/aromatic N) is 12. The highest BCUT2D eigenvalue weighted by molar-refractivity contribution is 6.10. The molecule has 0 fully saturated rings. The lowest BCUT2D eigenvalue weighted by Gasteiger charge is -2.14. The lowest BCUT2D eigenvalue weighted by molar-refractivity contribution is 0.545. The maximum absolute atomic E-state index is 4.77. The quantitative estimate of drug-likeness (QED) is 0.0524. The molecule has 4 aromatic heterocycles. The third kappa shape index (κ3) is 7.88. The summed E-state index contributed by atoms with van der Waals surface area (Å²) in [5.41, 5.74) is 8.69. The van der Waals surface area contributed by atoms with Gasteiger partial charge in [-0.2, -0.15) is 30.6 Å². The Morgan fingerprint density at radius 3 is 1.27 bits per heavy atom. The predicted molar refractivity (Wildman–Crippen MR) is 247 cm³/mol. The van der Waals surface area contributed by atoms with E-state index < -0.39 is 0 Å². The van der Waals surface area contributed by atoms with Crippen LogP contribution >= 0.6 is 0 Å². The maximum atomic E-state index is 4.77. The Morgan fingerprint density at radius 1 is 0.435 bits per heavy atom. The van der Waals surface area contributed by atoms with Crippen LogP contribution in [0.2, 0.25) is 0 Å². The van der Waals surface area contributed by atoms with E-state index in [0.717, 1.165) is 48.4 Å². The highest BCUT2D eigenvalue weighted by Crippen LogP contribution is 2.32. The molecule has 14 nitrogen and oxygen atoms in total. The minimum Gasteiger partial charge on any atom is -0.340 e. The highest BCUT2D eigenvalue weighted by Gasteiger charge is 2.16. The molecule has 0 spiro atoms. The highest BCUT2D eigenvalue weighted by atomic mass is 15.6. The number of unbranched alkanes of at least 4 members (excludes halogenated alkanes) is 5. The number of nitrogens with one attached hydrogen (secondary N) is 2. The lowest BCUT2D eigenvalue weighted by Crippen LogP contribution is -2.11. The Hall–Kier alpha value is -8.00. The van der Waals surface area contributed by atoms with Crippen molar-refractivity contribution in [1.29, 1.82) is 0 Å². The number of anilines is 4. The van der Waals surface area contributed by atoms with Gasteiger partial charge >= 0.3 is 0 Å². The van der Waals surface area contributed by atoms with Gasteiger partial charge in [0.2, 0.25) is 0 Å². The molecule has 0 atom stereocenters. The van der Waals surface area contributed by atoms with Gasteiger partial charge in [-0.15, -0.1) is 10.2 Å². The molecule has 62 heavy (non-hydrogen) atoms. The molecule has 306 valence electrons. The average Bonchev–Trinajstić information content (AvgIpc) is 4.16. The van der Waals surface area contributed by atoms with Gasteiger partial charge in [0.15, 0.2) is 0 Å². The van der Waals surface area contributed by atoms with Gasteiger partial charge in [-0.1, -0.05) is 121 Å². The summed E-state index contributed by atoms with van der Waals surface area (Å²) in [6.07, 6.45) is 10.8. The van der Waals surface area contributed by atoms with Gasteiger partial charge in [0.05, 0.1) is 23.8 Å². The molecule has 4 heterocycles. The standard InChI is InChI=1S/C48H44N14/c1(3-15-29-59-43-23-13-11-21-39(43)41-31-35(25-27-45(41)59)33-49-61(47-51-55-56-52-47)37-17-7-5-8-18-37)2-4-16-30-60-44-24-14-12-22-40(44)42-32-36(26-28-46(42)60)34-50-62(48-53-57-58-54-48)38-19-9-6-10-20-38/h5-14,17-28,31-34H,1-4,15-16,29-30H2,(H,51,52,55,56)(H,53,54,57,58). The van der Waals surface area contributed by atoms with E-state index >= 15 is 0 Å². The number of para-hydroxylation sites is 4. The molecule has 0 aliphatic carbocycles. The molecule has 0 radical (unpaired) electrons. The first-order valence-corrected chi connectivity index (χ1v) is 21.1. The van der Waals surface area contributed by atoms with Crippen molar-refractivity contribution < 1.29 is 0 Å². The topological polar surface area (TPSA) is 150 Å². The van der Waals surface area contributed by atoms with Crippen LogP contribution in [0.3, 0.4) is 0 Å². The van der Waals surface area contributed by atoms with Crippen LogP contribution in [0, 0.1) is 0 Å². The SMILES string of the molecule is C(=NN(c1ccccc1)c1nn[nH]n1)c1ccc2c(c1)c1ccccc1n2CCCCCCCCn1c2ccccc2c2cc(C=NN(c3ccccc3)c3nn[nH]n3)ccc21. The Bertz CT molecular complexity index is 2890. The van der Waals surface area contributed by atoms with Gasteiger partial charge in [0, 0.05) is 56.7 Å². The van der Waals surface area contributed by atoms with Gasteiger partial charge in [-0.3, -0.25) is 0 Å². The number of aromatic amines is 2. The van der Waals surface area contributed by atoms with Crippen LogP contribution in [0.5, 0.6) is 0 Å². The van der Waals surface area contributed by atoms with Gasteiger partial charge in [-0.05, 0) is 95.1 Å². The van der Waals surface area contributed by atoms with E-state index in [9.17, 15) is 0 Å². The molecule has 6 aromatic carbocycles. The zero-order chi connectivity index (χ0) is 41.5. The summed E-state index contributed by atoms with van der Waals surface area (Å²) in [4.78, 5) is 0. The molecule has 0 saturated carbocycles. The van der Waals surface area contributed by atoms with Crippen LogP contribution in [0.25, 0.3) is 43.6 Å². The van der Waals surface area contributed by atoms with E-state index in [2.05, 4.69) is 135 Å². The number of benzene rings is 6. The molecule has 14 heteroatoms. The molecule has 2 N–H and O–H groups in total. The number of hydrazone groups is 2. The third-order valence-corrected chi connectivity index (χ3v) is 11.3. The molecule has 10 rings (SSSR count).